The third-order valence-electron chi connectivity index (χ3n) is 5.20. The largest absolute Gasteiger partial charge is 0.493 e. The highest BCUT2D eigenvalue weighted by Crippen LogP contribution is 2.37. The van der Waals surface area contributed by atoms with E-state index < -0.39 is 0 Å². The summed E-state index contributed by atoms with van der Waals surface area (Å²) in [7, 11) is 3.22. The summed E-state index contributed by atoms with van der Waals surface area (Å²) in [6, 6.07) is 13.4. The molecule has 156 valence electrons. The molecule has 0 saturated carbocycles. The molecule has 0 bridgehead atoms. The van der Waals surface area contributed by atoms with Gasteiger partial charge in [-0.3, -0.25) is 4.79 Å². The molecule has 9 heteroatoms. The van der Waals surface area contributed by atoms with Gasteiger partial charge in [-0.2, -0.15) is 4.80 Å². The van der Waals surface area contributed by atoms with Crippen molar-refractivity contribution in [3.63, 3.8) is 0 Å². The normalized spacial score (nSPS) is 16.0. The van der Waals surface area contributed by atoms with Gasteiger partial charge in [0.1, 0.15) is 6.54 Å². The molecular weight excluding hydrogens is 450 g/mol. The predicted molar refractivity (Wildman–Crippen MR) is 114 cm³/mol. The summed E-state index contributed by atoms with van der Waals surface area (Å²) in [6.07, 6.45) is 1.84. The van der Waals surface area contributed by atoms with Gasteiger partial charge in [-0.05, 0) is 60.0 Å². The minimum absolute atomic E-state index is 0.00762. The van der Waals surface area contributed by atoms with Crippen molar-refractivity contribution in [3.05, 3.63) is 52.5 Å². The quantitative estimate of drug-likeness (QED) is 0.547. The Kier molecular flexibility index (Phi) is 5.98. The van der Waals surface area contributed by atoms with Crippen molar-refractivity contribution >= 4 is 21.8 Å². The average Bonchev–Trinajstić information content (AvgIpc) is 3.43. The van der Waals surface area contributed by atoms with Gasteiger partial charge in [0.05, 0.1) is 20.3 Å². The molecule has 2 aromatic carbocycles. The lowest BCUT2D eigenvalue weighted by molar-refractivity contribution is -0.133. The first-order chi connectivity index (χ1) is 14.6. The third-order valence-corrected chi connectivity index (χ3v) is 5.73. The van der Waals surface area contributed by atoms with Gasteiger partial charge >= 0.3 is 0 Å². The topological polar surface area (TPSA) is 82.4 Å². The number of halogens is 1. The Bertz CT molecular complexity index is 1040. The molecule has 0 N–H and O–H groups in total. The molecule has 1 aliphatic rings. The van der Waals surface area contributed by atoms with Crippen LogP contribution in [0.4, 0.5) is 0 Å². The van der Waals surface area contributed by atoms with Gasteiger partial charge in [0.25, 0.3) is 0 Å². The maximum Gasteiger partial charge on any atom is 0.246 e. The van der Waals surface area contributed by atoms with Gasteiger partial charge in [-0.15, -0.1) is 10.2 Å². The Morgan fingerprint density at radius 3 is 2.63 bits per heavy atom. The highest BCUT2D eigenvalue weighted by Gasteiger charge is 2.31. The van der Waals surface area contributed by atoms with Crippen molar-refractivity contribution in [2.45, 2.75) is 25.4 Å². The number of carbonyl (C=O) groups excluding carboxylic acids is 1. The molecule has 1 atom stereocenters. The number of amides is 1. The monoisotopic (exact) mass is 471 g/mol. The van der Waals surface area contributed by atoms with Crippen LogP contribution >= 0.6 is 15.9 Å². The molecule has 1 unspecified atom stereocenters. The molecule has 3 aromatic rings. The molecule has 30 heavy (non-hydrogen) atoms. The van der Waals surface area contributed by atoms with Crippen LogP contribution in [0.1, 0.15) is 24.4 Å². The van der Waals surface area contributed by atoms with Gasteiger partial charge in [-0.1, -0.05) is 22.0 Å². The highest BCUT2D eigenvalue weighted by atomic mass is 79.9. The lowest BCUT2D eigenvalue weighted by Gasteiger charge is -2.25. The van der Waals surface area contributed by atoms with Crippen LogP contribution in [0.2, 0.25) is 0 Å². The lowest BCUT2D eigenvalue weighted by Crippen LogP contribution is -2.34. The second-order valence-corrected chi connectivity index (χ2v) is 7.93. The van der Waals surface area contributed by atoms with E-state index in [1.165, 1.54) is 4.80 Å². The maximum absolute atomic E-state index is 13.0. The van der Waals surface area contributed by atoms with E-state index in [4.69, 9.17) is 9.47 Å². The van der Waals surface area contributed by atoms with Crippen molar-refractivity contribution in [2.75, 3.05) is 20.8 Å². The SMILES string of the molecule is COc1ccc(C2CCCN2C(=O)Cn2nnc(-c3ccc(Br)cc3)n2)cc1OC. The van der Waals surface area contributed by atoms with Gasteiger partial charge < -0.3 is 14.4 Å². The van der Waals surface area contributed by atoms with Gasteiger partial charge in [-0.25, -0.2) is 0 Å². The van der Waals surface area contributed by atoms with E-state index in [1.54, 1.807) is 14.2 Å². The number of nitrogens with zero attached hydrogens (tertiary/aromatic N) is 5. The molecule has 0 spiro atoms. The molecule has 2 heterocycles. The van der Waals surface area contributed by atoms with Crippen LogP contribution in [0.25, 0.3) is 11.4 Å². The zero-order valence-corrected chi connectivity index (χ0v) is 18.4. The smallest absolute Gasteiger partial charge is 0.246 e. The molecule has 1 aliphatic heterocycles. The van der Waals surface area contributed by atoms with Gasteiger partial charge in [0.2, 0.25) is 11.7 Å². The molecule has 4 rings (SSSR count). The summed E-state index contributed by atoms with van der Waals surface area (Å²) < 4.78 is 11.7. The van der Waals surface area contributed by atoms with E-state index in [-0.39, 0.29) is 18.5 Å². The Labute approximate surface area is 182 Å². The molecule has 1 aromatic heterocycles. The van der Waals surface area contributed by atoms with Crippen LogP contribution < -0.4 is 9.47 Å². The lowest BCUT2D eigenvalue weighted by atomic mass is 10.0. The second kappa shape index (κ2) is 8.83. The van der Waals surface area contributed by atoms with E-state index in [1.807, 2.05) is 47.4 Å². The number of aromatic nitrogens is 4. The zero-order valence-electron chi connectivity index (χ0n) is 16.8. The molecule has 1 fully saturated rings. The Balaban J connectivity index is 1.49. The van der Waals surface area contributed by atoms with E-state index in [9.17, 15) is 4.79 Å². The van der Waals surface area contributed by atoms with E-state index in [0.29, 0.717) is 23.9 Å². The Morgan fingerprint density at radius 1 is 1.13 bits per heavy atom. The Hall–Kier alpha value is -2.94. The number of rotatable bonds is 6. The van der Waals surface area contributed by atoms with E-state index >= 15 is 0 Å². The van der Waals surface area contributed by atoms with Crippen LogP contribution in [-0.4, -0.2) is 51.8 Å². The number of hydrogen-bond donors (Lipinski definition) is 0. The summed E-state index contributed by atoms with van der Waals surface area (Å²) in [4.78, 5) is 16.2. The Morgan fingerprint density at radius 2 is 1.90 bits per heavy atom. The summed E-state index contributed by atoms with van der Waals surface area (Å²) in [5, 5.41) is 12.5. The summed E-state index contributed by atoms with van der Waals surface area (Å²) >= 11 is 3.41. The number of ether oxygens (including phenoxy) is 2. The number of hydrogen-bond acceptors (Lipinski definition) is 6. The van der Waals surface area contributed by atoms with Gasteiger partial charge in [0, 0.05) is 16.6 Å². The van der Waals surface area contributed by atoms with Crippen LogP contribution in [0, 0.1) is 0 Å². The maximum atomic E-state index is 13.0. The molecule has 0 aliphatic carbocycles. The number of carbonyl (C=O) groups is 1. The minimum Gasteiger partial charge on any atom is -0.493 e. The van der Waals surface area contributed by atoms with Crippen LogP contribution in [-0.2, 0) is 11.3 Å². The predicted octanol–water partition coefficient (Wildman–Crippen LogP) is 3.48. The van der Waals surface area contributed by atoms with Crippen molar-refractivity contribution < 1.29 is 14.3 Å². The minimum atomic E-state index is -0.0351. The first-order valence-electron chi connectivity index (χ1n) is 9.64. The van der Waals surface area contributed by atoms with E-state index in [0.717, 1.165) is 28.4 Å². The van der Waals surface area contributed by atoms with Crippen LogP contribution in [0.3, 0.4) is 0 Å². The van der Waals surface area contributed by atoms with Crippen molar-refractivity contribution in [2.24, 2.45) is 0 Å². The summed E-state index contributed by atoms with van der Waals surface area (Å²) in [5.74, 6) is 1.79. The average molecular weight is 472 g/mol. The van der Waals surface area contributed by atoms with Crippen molar-refractivity contribution in [1.82, 2.24) is 25.1 Å². The molecule has 8 nitrogen and oxygen atoms in total. The van der Waals surface area contributed by atoms with Crippen molar-refractivity contribution in [3.8, 4) is 22.9 Å². The van der Waals surface area contributed by atoms with Crippen molar-refractivity contribution in [1.29, 1.82) is 0 Å². The first-order valence-corrected chi connectivity index (χ1v) is 10.4. The highest BCUT2D eigenvalue weighted by molar-refractivity contribution is 9.10. The number of benzene rings is 2. The number of likely N-dealkylation sites (tertiary alicyclic amines) is 1. The third kappa shape index (κ3) is 4.16. The van der Waals surface area contributed by atoms with E-state index in [2.05, 4.69) is 31.3 Å². The van der Waals surface area contributed by atoms with Crippen LogP contribution in [0.15, 0.2) is 46.9 Å². The fourth-order valence-electron chi connectivity index (χ4n) is 3.71. The fraction of sp³-hybridized carbons (Fsp3) is 0.333. The fourth-order valence-corrected chi connectivity index (χ4v) is 3.97. The second-order valence-electron chi connectivity index (χ2n) is 7.01. The standard InChI is InChI=1S/C21H22BrN5O3/c1-29-18-10-7-15(12-19(18)30-2)17-4-3-11-26(17)20(28)13-27-24-21(23-25-27)14-5-8-16(22)9-6-14/h5-10,12,17H,3-4,11,13H2,1-2H3. The summed E-state index contributed by atoms with van der Waals surface area (Å²) in [5.41, 5.74) is 1.88. The van der Waals surface area contributed by atoms with Gasteiger partial charge in [0.15, 0.2) is 11.5 Å². The van der Waals surface area contributed by atoms with Crippen LogP contribution in [0.5, 0.6) is 11.5 Å². The molecule has 1 amide bonds. The zero-order chi connectivity index (χ0) is 21.1. The molecule has 0 radical (unpaired) electrons. The molecule has 1 saturated heterocycles. The summed E-state index contributed by atoms with van der Waals surface area (Å²) in [6.45, 7) is 0.749. The number of methoxy groups -OCH3 is 2. The number of tetrazole rings is 1. The molecular formula is C21H22BrN5O3. The first kappa shape index (κ1) is 20.3.